The van der Waals surface area contributed by atoms with Crippen molar-refractivity contribution >= 4 is 11.5 Å². The van der Waals surface area contributed by atoms with E-state index in [9.17, 15) is 4.79 Å². The average molecular weight is 461 g/mol. The standard InChI is InChI=1S/C30H36O4/c1-6-26-30(34-27(7-2)33-26,22-16-12-9-13-17-22)23-18-19-24(21-14-10-8-11-15-21)25(20-23)32-28(31)29(3,4)5/h8-17,20,26-27H,6-7,18-19H2,1-5H3/t26-,27-,30+/m0/s1. The number of ether oxygens (including phenoxy) is 3. The third-order valence-electron chi connectivity index (χ3n) is 6.65. The van der Waals surface area contributed by atoms with Crippen LogP contribution < -0.4 is 0 Å². The molecule has 0 spiro atoms. The molecule has 1 aliphatic carbocycles. The predicted molar refractivity (Wildman–Crippen MR) is 135 cm³/mol. The third-order valence-corrected chi connectivity index (χ3v) is 6.65. The van der Waals surface area contributed by atoms with Crippen molar-refractivity contribution in [2.45, 2.75) is 78.3 Å². The highest BCUT2D eigenvalue weighted by atomic mass is 16.7. The Kier molecular flexibility index (Phi) is 7.11. The van der Waals surface area contributed by atoms with Gasteiger partial charge in [-0.1, -0.05) is 74.5 Å². The van der Waals surface area contributed by atoms with Gasteiger partial charge in [0, 0.05) is 5.57 Å². The van der Waals surface area contributed by atoms with Crippen molar-refractivity contribution in [2.75, 3.05) is 0 Å². The summed E-state index contributed by atoms with van der Waals surface area (Å²) in [6.45, 7) is 9.86. The molecule has 2 aliphatic rings. The molecule has 0 N–H and O–H groups in total. The van der Waals surface area contributed by atoms with Crippen LogP contribution in [-0.4, -0.2) is 18.4 Å². The maximum atomic E-state index is 13.0. The maximum absolute atomic E-state index is 13.0. The lowest BCUT2D eigenvalue weighted by Gasteiger charge is -2.37. The zero-order chi connectivity index (χ0) is 24.3. The minimum absolute atomic E-state index is 0.121. The first-order chi connectivity index (χ1) is 16.3. The zero-order valence-electron chi connectivity index (χ0n) is 21.0. The van der Waals surface area contributed by atoms with Crippen molar-refractivity contribution in [3.8, 4) is 0 Å². The van der Waals surface area contributed by atoms with Crippen LogP contribution in [0.5, 0.6) is 0 Å². The quantitative estimate of drug-likeness (QED) is 0.429. The Morgan fingerprint density at radius 2 is 1.62 bits per heavy atom. The fourth-order valence-electron chi connectivity index (χ4n) is 4.82. The number of hydrogen-bond acceptors (Lipinski definition) is 4. The van der Waals surface area contributed by atoms with Gasteiger partial charge in [-0.2, -0.15) is 0 Å². The number of benzene rings is 2. The monoisotopic (exact) mass is 460 g/mol. The summed E-state index contributed by atoms with van der Waals surface area (Å²) in [5, 5.41) is 0. The minimum atomic E-state index is -0.710. The Labute approximate surface area is 203 Å². The molecule has 0 radical (unpaired) electrons. The van der Waals surface area contributed by atoms with Crippen molar-refractivity contribution in [1.82, 2.24) is 0 Å². The molecular weight excluding hydrogens is 424 g/mol. The molecule has 1 fully saturated rings. The number of esters is 1. The van der Waals surface area contributed by atoms with Crippen LogP contribution in [0.15, 0.2) is 78.1 Å². The Balaban J connectivity index is 1.87. The van der Waals surface area contributed by atoms with Crippen molar-refractivity contribution < 1.29 is 19.0 Å². The summed E-state index contributed by atoms with van der Waals surface area (Å²) < 4.78 is 19.2. The van der Waals surface area contributed by atoms with Gasteiger partial charge < -0.3 is 14.2 Å². The lowest BCUT2D eigenvalue weighted by atomic mass is 9.75. The van der Waals surface area contributed by atoms with E-state index in [1.807, 2.05) is 63.2 Å². The molecule has 0 amide bonds. The summed E-state index contributed by atoms with van der Waals surface area (Å²) in [4.78, 5) is 13.0. The summed E-state index contributed by atoms with van der Waals surface area (Å²) in [7, 11) is 0. The molecule has 34 heavy (non-hydrogen) atoms. The molecule has 0 unspecified atom stereocenters. The van der Waals surface area contributed by atoms with Crippen molar-refractivity contribution in [2.24, 2.45) is 5.41 Å². The zero-order valence-corrected chi connectivity index (χ0v) is 21.0. The second-order valence-electron chi connectivity index (χ2n) is 10.1. The fourth-order valence-corrected chi connectivity index (χ4v) is 4.82. The predicted octanol–water partition coefficient (Wildman–Crippen LogP) is 7.16. The van der Waals surface area contributed by atoms with E-state index in [0.29, 0.717) is 5.76 Å². The molecule has 0 aromatic heterocycles. The second kappa shape index (κ2) is 9.89. The van der Waals surface area contributed by atoms with Gasteiger partial charge in [0.05, 0.1) is 11.5 Å². The number of rotatable bonds is 6. The summed E-state index contributed by atoms with van der Waals surface area (Å²) in [5.74, 6) is 0.366. The van der Waals surface area contributed by atoms with E-state index in [4.69, 9.17) is 14.2 Å². The third kappa shape index (κ3) is 4.62. The molecule has 4 heteroatoms. The molecule has 4 rings (SSSR count). The Bertz CT molecular complexity index is 1060. The summed E-state index contributed by atoms with van der Waals surface area (Å²) in [6.07, 6.45) is 4.80. The van der Waals surface area contributed by atoms with Crippen LogP contribution >= 0.6 is 0 Å². The van der Waals surface area contributed by atoms with Crippen molar-refractivity contribution in [1.29, 1.82) is 0 Å². The summed E-state index contributed by atoms with van der Waals surface area (Å²) >= 11 is 0. The van der Waals surface area contributed by atoms with E-state index in [2.05, 4.69) is 38.1 Å². The smallest absolute Gasteiger partial charge is 0.316 e. The Morgan fingerprint density at radius 1 is 0.971 bits per heavy atom. The van der Waals surface area contributed by atoms with Crippen LogP contribution in [0.25, 0.3) is 5.57 Å². The highest BCUT2D eigenvalue weighted by molar-refractivity contribution is 5.80. The van der Waals surface area contributed by atoms with E-state index in [-0.39, 0.29) is 18.4 Å². The number of hydrogen-bond donors (Lipinski definition) is 0. The number of carbonyl (C=O) groups excluding carboxylic acids is 1. The van der Waals surface area contributed by atoms with Gasteiger partial charge in [0.15, 0.2) is 6.29 Å². The first kappa shape index (κ1) is 24.4. The Morgan fingerprint density at radius 3 is 2.21 bits per heavy atom. The molecule has 180 valence electrons. The summed E-state index contributed by atoms with van der Waals surface area (Å²) in [5.41, 5.74) is 2.98. The van der Waals surface area contributed by atoms with Crippen molar-refractivity contribution in [3.63, 3.8) is 0 Å². The highest BCUT2D eigenvalue weighted by Gasteiger charge is 2.52. The largest absolute Gasteiger partial charge is 0.426 e. The molecule has 1 saturated heterocycles. The van der Waals surface area contributed by atoms with Crippen LogP contribution in [0.4, 0.5) is 0 Å². The van der Waals surface area contributed by atoms with Crippen molar-refractivity contribution in [3.05, 3.63) is 89.2 Å². The average Bonchev–Trinajstić information content (AvgIpc) is 3.24. The molecule has 0 bridgehead atoms. The van der Waals surface area contributed by atoms with Gasteiger partial charge in [-0.3, -0.25) is 4.79 Å². The van der Waals surface area contributed by atoms with E-state index in [0.717, 1.165) is 48.0 Å². The van der Waals surface area contributed by atoms with Crippen LogP contribution in [0.1, 0.15) is 71.4 Å². The van der Waals surface area contributed by atoms with Gasteiger partial charge in [0.1, 0.15) is 11.4 Å². The molecule has 2 aromatic rings. The van der Waals surface area contributed by atoms with Gasteiger partial charge in [0.25, 0.3) is 0 Å². The van der Waals surface area contributed by atoms with Crippen LogP contribution in [0.2, 0.25) is 0 Å². The SMILES string of the molecule is CC[C@H]1O[C@@H](CC)[C@](C2=CC(OC(=O)C(C)(C)C)=C(c3ccccc3)CC2)(c2ccccc2)O1. The molecular formula is C30H36O4. The number of carbonyl (C=O) groups is 1. The van der Waals surface area contributed by atoms with E-state index >= 15 is 0 Å². The second-order valence-corrected chi connectivity index (χ2v) is 10.1. The topological polar surface area (TPSA) is 44.8 Å². The molecule has 2 aromatic carbocycles. The molecule has 1 aliphatic heterocycles. The van der Waals surface area contributed by atoms with E-state index in [1.165, 1.54) is 0 Å². The maximum Gasteiger partial charge on any atom is 0.316 e. The minimum Gasteiger partial charge on any atom is -0.426 e. The molecule has 0 saturated carbocycles. The van der Waals surface area contributed by atoms with Gasteiger partial charge in [0.2, 0.25) is 0 Å². The normalized spacial score (nSPS) is 25.3. The Hall–Kier alpha value is -2.69. The lowest BCUT2D eigenvalue weighted by molar-refractivity contribution is -0.148. The van der Waals surface area contributed by atoms with Gasteiger partial charge in [-0.15, -0.1) is 0 Å². The highest BCUT2D eigenvalue weighted by Crippen LogP contribution is 2.50. The molecule has 1 heterocycles. The van der Waals surface area contributed by atoms with E-state index in [1.54, 1.807) is 0 Å². The van der Waals surface area contributed by atoms with Gasteiger partial charge in [-0.05, 0) is 69.2 Å². The molecule has 4 nitrogen and oxygen atoms in total. The summed E-state index contributed by atoms with van der Waals surface area (Å²) in [6, 6.07) is 20.5. The number of allylic oxidation sites excluding steroid dienone is 2. The van der Waals surface area contributed by atoms with E-state index < -0.39 is 11.0 Å². The van der Waals surface area contributed by atoms with Gasteiger partial charge >= 0.3 is 5.97 Å². The van der Waals surface area contributed by atoms with Crippen LogP contribution in [-0.2, 0) is 24.6 Å². The lowest BCUT2D eigenvalue weighted by Crippen LogP contribution is -2.40. The van der Waals surface area contributed by atoms with Crippen LogP contribution in [0, 0.1) is 5.41 Å². The molecule has 3 atom stereocenters. The van der Waals surface area contributed by atoms with Crippen LogP contribution in [0.3, 0.4) is 0 Å². The first-order valence-electron chi connectivity index (χ1n) is 12.4. The fraction of sp³-hybridized carbons (Fsp3) is 0.433. The first-order valence-corrected chi connectivity index (χ1v) is 12.4. The van der Waals surface area contributed by atoms with Gasteiger partial charge in [-0.25, -0.2) is 0 Å².